The van der Waals surface area contributed by atoms with Crippen molar-refractivity contribution in [1.82, 2.24) is 5.32 Å². The van der Waals surface area contributed by atoms with Crippen molar-refractivity contribution in [2.75, 3.05) is 25.5 Å². The molecular weight excluding hydrogens is 234 g/mol. The lowest BCUT2D eigenvalue weighted by atomic mass is 10.1. The topological polar surface area (TPSA) is 15.3 Å². The zero-order chi connectivity index (χ0) is 12.1. The smallest absolute Gasteiger partial charge is 0.255 e. The highest BCUT2D eigenvalue weighted by molar-refractivity contribution is 6.30. The first-order chi connectivity index (χ1) is 7.54. The fourth-order valence-electron chi connectivity index (χ4n) is 1.54. The van der Waals surface area contributed by atoms with E-state index in [0.717, 1.165) is 11.3 Å². The van der Waals surface area contributed by atoms with Crippen LogP contribution in [0.3, 0.4) is 0 Å². The Hall–Kier alpha value is -0.870. The normalized spacial score (nSPS) is 10.9. The number of halogens is 3. The second-order valence-corrected chi connectivity index (χ2v) is 4.01. The third kappa shape index (κ3) is 3.61. The van der Waals surface area contributed by atoms with Crippen molar-refractivity contribution in [2.24, 2.45) is 0 Å². The van der Waals surface area contributed by atoms with Gasteiger partial charge >= 0.3 is 0 Å². The van der Waals surface area contributed by atoms with Crippen molar-refractivity contribution in [1.29, 1.82) is 0 Å². The average Bonchev–Trinajstić information content (AvgIpc) is 2.20. The summed E-state index contributed by atoms with van der Waals surface area (Å²) in [5, 5.41) is 3.55. The van der Waals surface area contributed by atoms with E-state index in [1.54, 1.807) is 19.2 Å². The number of nitrogens with one attached hydrogen (secondary N) is 1. The third-order valence-corrected chi connectivity index (χ3v) is 2.47. The van der Waals surface area contributed by atoms with Gasteiger partial charge in [0, 0.05) is 24.3 Å². The number of hydrogen-bond donors (Lipinski definition) is 1. The SMILES string of the molecule is CNCc1ccc(Cl)cc1N(C)CC(F)F. The van der Waals surface area contributed by atoms with Gasteiger partial charge in [-0.3, -0.25) is 0 Å². The summed E-state index contributed by atoms with van der Waals surface area (Å²) in [6, 6.07) is 5.31. The maximum absolute atomic E-state index is 12.3. The second-order valence-electron chi connectivity index (χ2n) is 3.57. The fourth-order valence-corrected chi connectivity index (χ4v) is 1.70. The average molecular weight is 249 g/mol. The molecule has 0 aliphatic heterocycles. The lowest BCUT2D eigenvalue weighted by Gasteiger charge is -2.22. The van der Waals surface area contributed by atoms with Crippen LogP contribution >= 0.6 is 11.6 Å². The van der Waals surface area contributed by atoms with Crippen LogP contribution in [0.1, 0.15) is 5.56 Å². The molecule has 0 bridgehead atoms. The van der Waals surface area contributed by atoms with Gasteiger partial charge < -0.3 is 10.2 Å². The summed E-state index contributed by atoms with van der Waals surface area (Å²) in [5.74, 6) is 0. The first-order valence-electron chi connectivity index (χ1n) is 4.97. The molecule has 0 heterocycles. The lowest BCUT2D eigenvalue weighted by Crippen LogP contribution is -2.25. The molecule has 0 fully saturated rings. The number of rotatable bonds is 5. The van der Waals surface area contributed by atoms with Gasteiger partial charge in [0.05, 0.1) is 6.54 Å². The van der Waals surface area contributed by atoms with Crippen molar-refractivity contribution in [3.05, 3.63) is 28.8 Å². The largest absolute Gasteiger partial charge is 0.369 e. The summed E-state index contributed by atoms with van der Waals surface area (Å²) in [7, 11) is 3.45. The van der Waals surface area contributed by atoms with E-state index in [0.29, 0.717) is 11.6 Å². The molecule has 1 aromatic rings. The van der Waals surface area contributed by atoms with Crippen LogP contribution in [0.5, 0.6) is 0 Å². The van der Waals surface area contributed by atoms with Gasteiger partial charge in [0.25, 0.3) is 6.43 Å². The zero-order valence-electron chi connectivity index (χ0n) is 9.30. The molecule has 1 rings (SSSR count). The Bertz CT molecular complexity index is 345. The Morgan fingerprint density at radius 1 is 1.44 bits per heavy atom. The van der Waals surface area contributed by atoms with Crippen LogP contribution in [0.15, 0.2) is 18.2 Å². The summed E-state index contributed by atoms with van der Waals surface area (Å²) in [4.78, 5) is 1.52. The quantitative estimate of drug-likeness (QED) is 0.862. The molecule has 0 amide bonds. The van der Waals surface area contributed by atoms with Gasteiger partial charge in [0.15, 0.2) is 0 Å². The van der Waals surface area contributed by atoms with Crippen LogP contribution in [0.4, 0.5) is 14.5 Å². The second kappa shape index (κ2) is 6.01. The minimum Gasteiger partial charge on any atom is -0.369 e. The molecule has 2 nitrogen and oxygen atoms in total. The molecule has 1 N–H and O–H groups in total. The zero-order valence-corrected chi connectivity index (χ0v) is 10.1. The number of hydrogen-bond acceptors (Lipinski definition) is 2. The van der Waals surface area contributed by atoms with Gasteiger partial charge in [-0.25, -0.2) is 8.78 Å². The molecule has 0 aliphatic rings. The van der Waals surface area contributed by atoms with E-state index in [-0.39, 0.29) is 6.54 Å². The van der Waals surface area contributed by atoms with E-state index in [1.807, 2.05) is 13.1 Å². The molecule has 0 saturated heterocycles. The monoisotopic (exact) mass is 248 g/mol. The van der Waals surface area contributed by atoms with Gasteiger partial charge in [0.2, 0.25) is 0 Å². The Morgan fingerprint density at radius 2 is 2.12 bits per heavy atom. The molecule has 0 aromatic heterocycles. The van der Waals surface area contributed by atoms with Gasteiger partial charge in [0.1, 0.15) is 0 Å². The van der Waals surface area contributed by atoms with Crippen LogP contribution in [0, 0.1) is 0 Å². The molecule has 5 heteroatoms. The van der Waals surface area contributed by atoms with E-state index >= 15 is 0 Å². The summed E-state index contributed by atoms with van der Waals surface area (Å²) >= 11 is 5.86. The van der Waals surface area contributed by atoms with Gasteiger partial charge in [-0.2, -0.15) is 0 Å². The highest BCUT2D eigenvalue weighted by atomic mass is 35.5. The van der Waals surface area contributed by atoms with Crippen molar-refractivity contribution >= 4 is 17.3 Å². The van der Waals surface area contributed by atoms with Crippen LogP contribution < -0.4 is 10.2 Å². The molecule has 0 atom stereocenters. The van der Waals surface area contributed by atoms with E-state index in [2.05, 4.69) is 5.32 Å². The maximum atomic E-state index is 12.3. The highest BCUT2D eigenvalue weighted by Crippen LogP contribution is 2.24. The Kier molecular flexibility index (Phi) is 4.96. The van der Waals surface area contributed by atoms with Crippen molar-refractivity contribution in [2.45, 2.75) is 13.0 Å². The Balaban J connectivity index is 2.94. The minimum absolute atomic E-state index is 0.295. The lowest BCUT2D eigenvalue weighted by molar-refractivity contribution is 0.156. The van der Waals surface area contributed by atoms with Crippen LogP contribution in [-0.4, -0.2) is 27.1 Å². The highest BCUT2D eigenvalue weighted by Gasteiger charge is 2.12. The van der Waals surface area contributed by atoms with E-state index < -0.39 is 6.43 Å². The predicted octanol–water partition coefficient (Wildman–Crippen LogP) is 2.76. The van der Waals surface area contributed by atoms with Gasteiger partial charge in [-0.05, 0) is 24.7 Å². The van der Waals surface area contributed by atoms with Gasteiger partial charge in [-0.15, -0.1) is 0 Å². The standard InChI is InChI=1S/C11H15ClF2N2/c1-15-6-8-3-4-9(12)5-10(8)16(2)7-11(13)14/h3-5,11,15H,6-7H2,1-2H3. The Morgan fingerprint density at radius 3 is 2.69 bits per heavy atom. The first kappa shape index (κ1) is 13.2. The molecule has 0 spiro atoms. The molecule has 0 saturated carbocycles. The van der Waals surface area contributed by atoms with E-state index in [1.165, 1.54) is 4.90 Å². The minimum atomic E-state index is -2.36. The number of alkyl halides is 2. The van der Waals surface area contributed by atoms with Gasteiger partial charge in [-0.1, -0.05) is 17.7 Å². The Labute approximate surface area is 99.2 Å². The number of benzene rings is 1. The summed E-state index contributed by atoms with van der Waals surface area (Å²) in [6.45, 7) is 0.330. The molecular formula is C11H15ClF2N2. The summed E-state index contributed by atoms with van der Waals surface area (Å²) in [5.41, 5.74) is 1.69. The summed E-state index contributed by atoms with van der Waals surface area (Å²) < 4.78 is 24.6. The third-order valence-electron chi connectivity index (χ3n) is 2.24. The fraction of sp³-hybridized carbons (Fsp3) is 0.455. The van der Waals surface area contributed by atoms with Crippen molar-refractivity contribution in [3.63, 3.8) is 0 Å². The van der Waals surface area contributed by atoms with Crippen LogP contribution in [0.2, 0.25) is 5.02 Å². The van der Waals surface area contributed by atoms with Crippen molar-refractivity contribution < 1.29 is 8.78 Å². The molecule has 16 heavy (non-hydrogen) atoms. The summed E-state index contributed by atoms with van der Waals surface area (Å²) in [6.07, 6.45) is -2.36. The maximum Gasteiger partial charge on any atom is 0.255 e. The van der Waals surface area contributed by atoms with E-state index in [4.69, 9.17) is 11.6 Å². The molecule has 90 valence electrons. The number of nitrogens with zero attached hydrogens (tertiary/aromatic N) is 1. The molecule has 1 aromatic carbocycles. The van der Waals surface area contributed by atoms with E-state index in [9.17, 15) is 8.78 Å². The molecule has 0 unspecified atom stereocenters. The van der Waals surface area contributed by atoms with Crippen LogP contribution in [0.25, 0.3) is 0 Å². The molecule has 0 radical (unpaired) electrons. The first-order valence-corrected chi connectivity index (χ1v) is 5.34. The predicted molar refractivity (Wildman–Crippen MR) is 63.5 cm³/mol. The number of anilines is 1. The van der Waals surface area contributed by atoms with Crippen LogP contribution in [-0.2, 0) is 6.54 Å². The van der Waals surface area contributed by atoms with Crippen molar-refractivity contribution in [3.8, 4) is 0 Å². The molecule has 0 aliphatic carbocycles.